The Morgan fingerprint density at radius 3 is 2.55 bits per heavy atom. The molecule has 0 bridgehead atoms. The van der Waals surface area contributed by atoms with Crippen LogP contribution in [0.1, 0.15) is 29.3 Å². The molecule has 29 heavy (non-hydrogen) atoms. The largest absolute Gasteiger partial charge is 0.339 e. The van der Waals surface area contributed by atoms with Crippen LogP contribution in [0.2, 0.25) is 0 Å². The van der Waals surface area contributed by atoms with E-state index in [1.807, 2.05) is 32.0 Å². The van der Waals surface area contributed by atoms with Gasteiger partial charge in [-0.2, -0.15) is 4.98 Å². The number of amides is 1. The third kappa shape index (κ3) is 5.47. The van der Waals surface area contributed by atoms with Crippen LogP contribution in [0.25, 0.3) is 0 Å². The Morgan fingerprint density at radius 2 is 1.86 bits per heavy atom. The zero-order valence-electron chi connectivity index (χ0n) is 16.0. The lowest BCUT2D eigenvalue weighted by Crippen LogP contribution is -2.13. The molecule has 1 heterocycles. The van der Waals surface area contributed by atoms with E-state index in [0.29, 0.717) is 0 Å². The standard InChI is InChI=1S/C20H20FN3O4S/c1-13-3-8-17(14(2)11-13)22-19(25)9-10-20-23-18(24-28-20)12-29(26,27)16-6-4-15(21)5-7-16/h3-8,11H,9-10,12H2,1-2H3,(H,22,25). The Kier molecular flexibility index (Phi) is 6.07. The van der Waals surface area contributed by atoms with Gasteiger partial charge < -0.3 is 9.84 Å². The van der Waals surface area contributed by atoms with E-state index in [1.165, 1.54) is 12.1 Å². The van der Waals surface area contributed by atoms with Crippen LogP contribution in [0.5, 0.6) is 0 Å². The lowest BCUT2D eigenvalue weighted by Gasteiger charge is -2.08. The summed E-state index contributed by atoms with van der Waals surface area (Å²) in [5.74, 6) is -1.05. The topological polar surface area (TPSA) is 102 Å². The fourth-order valence-corrected chi connectivity index (χ4v) is 3.91. The van der Waals surface area contributed by atoms with Gasteiger partial charge in [0.1, 0.15) is 11.6 Å². The van der Waals surface area contributed by atoms with Crippen LogP contribution in [0.4, 0.5) is 10.1 Å². The molecule has 152 valence electrons. The number of anilines is 1. The fraction of sp³-hybridized carbons (Fsp3) is 0.250. The van der Waals surface area contributed by atoms with Crippen LogP contribution >= 0.6 is 0 Å². The van der Waals surface area contributed by atoms with E-state index in [4.69, 9.17) is 4.52 Å². The lowest BCUT2D eigenvalue weighted by atomic mass is 10.1. The summed E-state index contributed by atoms with van der Waals surface area (Å²) in [6.45, 7) is 3.89. The molecule has 9 heteroatoms. The minimum atomic E-state index is -3.73. The van der Waals surface area contributed by atoms with Gasteiger partial charge in [-0.1, -0.05) is 22.9 Å². The molecule has 0 saturated carbocycles. The van der Waals surface area contributed by atoms with Gasteiger partial charge in [0.2, 0.25) is 11.8 Å². The summed E-state index contributed by atoms with van der Waals surface area (Å²) in [6, 6.07) is 10.2. The Bertz CT molecular complexity index is 1120. The highest BCUT2D eigenvalue weighted by Gasteiger charge is 2.20. The highest BCUT2D eigenvalue weighted by molar-refractivity contribution is 7.90. The maximum absolute atomic E-state index is 13.0. The first-order valence-corrected chi connectivity index (χ1v) is 10.5. The molecule has 0 atom stereocenters. The Morgan fingerprint density at radius 1 is 1.14 bits per heavy atom. The number of carbonyl (C=O) groups excluding carboxylic acids is 1. The molecule has 1 N–H and O–H groups in total. The van der Waals surface area contributed by atoms with Gasteiger partial charge in [-0.25, -0.2) is 12.8 Å². The number of nitrogens with one attached hydrogen (secondary N) is 1. The summed E-state index contributed by atoms with van der Waals surface area (Å²) >= 11 is 0. The van der Waals surface area contributed by atoms with Crippen molar-refractivity contribution in [2.75, 3.05) is 5.32 Å². The van der Waals surface area contributed by atoms with Crippen LogP contribution in [-0.4, -0.2) is 24.5 Å². The van der Waals surface area contributed by atoms with E-state index < -0.39 is 21.4 Å². The van der Waals surface area contributed by atoms with Gasteiger partial charge in [0.15, 0.2) is 15.7 Å². The number of nitrogens with zero attached hydrogens (tertiary/aromatic N) is 2. The van der Waals surface area contributed by atoms with Crippen molar-refractivity contribution < 1.29 is 22.1 Å². The summed E-state index contributed by atoms with van der Waals surface area (Å²) in [5.41, 5.74) is 2.80. The zero-order chi connectivity index (χ0) is 21.0. The summed E-state index contributed by atoms with van der Waals surface area (Å²) in [4.78, 5) is 16.1. The number of rotatable bonds is 7. The monoisotopic (exact) mass is 417 g/mol. The van der Waals surface area contributed by atoms with Crippen LogP contribution in [0.15, 0.2) is 51.9 Å². The fourth-order valence-electron chi connectivity index (χ4n) is 2.73. The molecule has 0 aliphatic rings. The van der Waals surface area contributed by atoms with Gasteiger partial charge in [0.25, 0.3) is 0 Å². The highest BCUT2D eigenvalue weighted by Crippen LogP contribution is 2.18. The lowest BCUT2D eigenvalue weighted by molar-refractivity contribution is -0.116. The van der Waals surface area contributed by atoms with Gasteiger partial charge in [-0.3, -0.25) is 4.79 Å². The third-order valence-corrected chi connectivity index (χ3v) is 5.85. The molecule has 0 aliphatic carbocycles. The Hall–Kier alpha value is -3.07. The molecule has 1 aromatic heterocycles. The minimum Gasteiger partial charge on any atom is -0.339 e. The zero-order valence-corrected chi connectivity index (χ0v) is 16.8. The predicted molar refractivity (Wildman–Crippen MR) is 104 cm³/mol. The van der Waals surface area contributed by atoms with Crippen molar-refractivity contribution >= 4 is 21.4 Å². The van der Waals surface area contributed by atoms with E-state index in [2.05, 4.69) is 15.5 Å². The van der Waals surface area contributed by atoms with Crippen LogP contribution in [0.3, 0.4) is 0 Å². The van der Waals surface area contributed by atoms with E-state index in [-0.39, 0.29) is 35.4 Å². The first-order chi connectivity index (χ1) is 13.7. The Labute approximate surface area is 167 Å². The Balaban J connectivity index is 1.57. The van der Waals surface area contributed by atoms with Crippen molar-refractivity contribution in [2.45, 2.75) is 37.3 Å². The number of aromatic nitrogens is 2. The average Bonchev–Trinajstić information content (AvgIpc) is 3.09. The number of hydrogen-bond donors (Lipinski definition) is 1. The van der Waals surface area contributed by atoms with Crippen molar-refractivity contribution in [3.63, 3.8) is 0 Å². The van der Waals surface area contributed by atoms with Gasteiger partial charge in [-0.05, 0) is 49.7 Å². The second kappa shape index (κ2) is 8.52. The van der Waals surface area contributed by atoms with E-state index in [1.54, 1.807) is 0 Å². The molecule has 7 nitrogen and oxygen atoms in total. The predicted octanol–water partition coefficient (Wildman–Crippen LogP) is 3.37. The van der Waals surface area contributed by atoms with E-state index in [0.717, 1.165) is 28.9 Å². The molecular formula is C20H20FN3O4S. The molecule has 1 amide bonds. The summed E-state index contributed by atoms with van der Waals surface area (Å²) in [7, 11) is -3.73. The van der Waals surface area contributed by atoms with E-state index >= 15 is 0 Å². The van der Waals surface area contributed by atoms with Crippen LogP contribution in [0, 0.1) is 19.7 Å². The molecule has 0 fully saturated rings. The molecule has 3 rings (SSSR count). The normalized spacial score (nSPS) is 11.4. The summed E-state index contributed by atoms with van der Waals surface area (Å²) < 4.78 is 42.7. The van der Waals surface area contributed by atoms with Gasteiger partial charge >= 0.3 is 0 Å². The molecule has 0 spiro atoms. The molecule has 3 aromatic rings. The first kappa shape index (κ1) is 20.7. The van der Waals surface area contributed by atoms with Crippen LogP contribution in [-0.2, 0) is 26.8 Å². The van der Waals surface area contributed by atoms with Gasteiger partial charge in [0, 0.05) is 18.5 Å². The first-order valence-electron chi connectivity index (χ1n) is 8.90. The molecular weight excluding hydrogens is 397 g/mol. The quantitative estimate of drug-likeness (QED) is 0.592. The van der Waals surface area contributed by atoms with Crippen molar-refractivity contribution in [3.8, 4) is 0 Å². The molecule has 0 unspecified atom stereocenters. The van der Waals surface area contributed by atoms with Gasteiger partial charge in [-0.15, -0.1) is 0 Å². The minimum absolute atomic E-state index is 0.0147. The second-order valence-corrected chi connectivity index (χ2v) is 8.67. The van der Waals surface area contributed by atoms with Crippen LogP contribution < -0.4 is 5.32 Å². The number of sulfone groups is 1. The second-order valence-electron chi connectivity index (χ2n) is 6.68. The molecule has 2 aromatic carbocycles. The SMILES string of the molecule is Cc1ccc(NC(=O)CCc2nc(CS(=O)(=O)c3ccc(F)cc3)no2)c(C)c1. The number of carbonyl (C=O) groups is 1. The molecule has 0 saturated heterocycles. The average molecular weight is 417 g/mol. The maximum atomic E-state index is 13.0. The highest BCUT2D eigenvalue weighted by atomic mass is 32.2. The van der Waals surface area contributed by atoms with Crippen molar-refractivity contribution in [1.29, 1.82) is 0 Å². The maximum Gasteiger partial charge on any atom is 0.227 e. The molecule has 0 radical (unpaired) electrons. The molecule has 0 aliphatic heterocycles. The number of aryl methyl sites for hydroxylation is 3. The van der Waals surface area contributed by atoms with Gasteiger partial charge in [0.05, 0.1) is 4.90 Å². The smallest absolute Gasteiger partial charge is 0.227 e. The van der Waals surface area contributed by atoms with Crippen molar-refractivity contribution in [3.05, 3.63) is 71.1 Å². The number of hydrogen-bond acceptors (Lipinski definition) is 6. The van der Waals surface area contributed by atoms with E-state index in [9.17, 15) is 17.6 Å². The number of benzene rings is 2. The van der Waals surface area contributed by atoms with Crippen molar-refractivity contribution in [1.82, 2.24) is 10.1 Å². The number of halogens is 1. The third-order valence-electron chi connectivity index (χ3n) is 4.22. The summed E-state index contributed by atoms with van der Waals surface area (Å²) in [6.07, 6.45) is 0.292. The van der Waals surface area contributed by atoms with Crippen molar-refractivity contribution in [2.24, 2.45) is 0 Å². The summed E-state index contributed by atoms with van der Waals surface area (Å²) in [5, 5.41) is 6.48.